The van der Waals surface area contributed by atoms with Crippen molar-refractivity contribution in [2.45, 2.75) is 6.18 Å². The van der Waals surface area contributed by atoms with E-state index in [1.807, 2.05) is 18.2 Å². The molecule has 2 nitrogen and oxygen atoms in total. The molecule has 3 aromatic rings. The summed E-state index contributed by atoms with van der Waals surface area (Å²) >= 11 is 0.707. The molecule has 0 aliphatic heterocycles. The number of hydrogen-bond acceptors (Lipinski definition) is 3. The Bertz CT molecular complexity index is 818. The highest BCUT2D eigenvalue weighted by Gasteiger charge is 2.38. The van der Waals surface area contributed by atoms with Crippen molar-refractivity contribution < 1.29 is 18.0 Å². The Kier molecular flexibility index (Phi) is 3.25. The minimum Gasteiger partial charge on any atom is -0.288 e. The lowest BCUT2D eigenvalue weighted by molar-refractivity contribution is -0.141. The lowest BCUT2D eigenvalue weighted by Crippen LogP contribution is -2.12. The first kappa shape index (κ1) is 13.8. The monoisotopic (exact) mass is 307 g/mol. The zero-order chi connectivity index (χ0) is 15.0. The molecule has 1 aromatic heterocycles. The summed E-state index contributed by atoms with van der Waals surface area (Å²) in [6.07, 6.45) is -4.63. The molecule has 0 atom stereocenters. The van der Waals surface area contributed by atoms with Gasteiger partial charge in [0, 0.05) is 5.56 Å². The molecule has 0 spiro atoms. The van der Waals surface area contributed by atoms with Gasteiger partial charge in [-0.25, -0.2) is 4.98 Å². The van der Waals surface area contributed by atoms with E-state index in [9.17, 15) is 18.0 Å². The maximum absolute atomic E-state index is 12.9. The number of halogens is 3. The van der Waals surface area contributed by atoms with Crippen molar-refractivity contribution in [1.82, 2.24) is 4.98 Å². The zero-order valence-corrected chi connectivity index (χ0v) is 11.3. The van der Waals surface area contributed by atoms with E-state index >= 15 is 0 Å². The minimum atomic E-state index is -4.63. The third-order valence-electron chi connectivity index (χ3n) is 3.08. The summed E-state index contributed by atoms with van der Waals surface area (Å²) in [4.78, 5) is 15.4. The van der Waals surface area contributed by atoms with E-state index in [4.69, 9.17) is 0 Å². The standard InChI is InChI=1S/C15H8F3NOS/c16-15(17,18)14-13(21-8-19-14)12(20)11-7-3-5-9-4-1-2-6-10(9)11/h1-8H. The SMILES string of the molecule is O=C(c1scnc1C(F)(F)F)c1cccc2ccccc12. The first-order chi connectivity index (χ1) is 9.98. The van der Waals surface area contributed by atoms with Crippen molar-refractivity contribution >= 4 is 27.9 Å². The summed E-state index contributed by atoms with van der Waals surface area (Å²) in [5.41, 5.74) is 0.176. The number of carbonyl (C=O) groups excluding carboxylic acids is 1. The highest BCUT2D eigenvalue weighted by Crippen LogP contribution is 2.34. The number of alkyl halides is 3. The Morgan fingerprint density at radius 3 is 2.52 bits per heavy atom. The van der Waals surface area contributed by atoms with E-state index in [2.05, 4.69) is 4.98 Å². The van der Waals surface area contributed by atoms with E-state index in [0.29, 0.717) is 16.7 Å². The van der Waals surface area contributed by atoms with Crippen LogP contribution in [0.5, 0.6) is 0 Å². The van der Waals surface area contributed by atoms with Crippen molar-refractivity contribution in [2.75, 3.05) is 0 Å². The molecule has 0 saturated heterocycles. The molecule has 0 radical (unpaired) electrons. The average molecular weight is 307 g/mol. The summed E-state index contributed by atoms with van der Waals surface area (Å²) in [5.74, 6) is -0.651. The summed E-state index contributed by atoms with van der Waals surface area (Å²) in [5, 5.41) is 1.44. The summed E-state index contributed by atoms with van der Waals surface area (Å²) in [6, 6.07) is 12.1. The first-order valence-electron chi connectivity index (χ1n) is 6.01. The quantitative estimate of drug-likeness (QED) is 0.650. The van der Waals surface area contributed by atoms with Crippen molar-refractivity contribution in [3.05, 3.63) is 64.1 Å². The van der Waals surface area contributed by atoms with Gasteiger partial charge in [0.05, 0.1) is 5.51 Å². The van der Waals surface area contributed by atoms with E-state index in [-0.39, 0.29) is 10.4 Å². The molecule has 2 aromatic carbocycles. The van der Waals surface area contributed by atoms with Crippen molar-refractivity contribution in [1.29, 1.82) is 0 Å². The smallest absolute Gasteiger partial charge is 0.288 e. The third-order valence-corrected chi connectivity index (χ3v) is 3.90. The Labute approximate surface area is 121 Å². The number of benzene rings is 2. The van der Waals surface area contributed by atoms with Gasteiger partial charge in [-0.05, 0) is 10.8 Å². The molecule has 3 rings (SSSR count). The number of nitrogens with zero attached hydrogens (tertiary/aromatic N) is 1. The zero-order valence-electron chi connectivity index (χ0n) is 10.5. The summed E-state index contributed by atoms with van der Waals surface area (Å²) < 4.78 is 38.6. The van der Waals surface area contributed by atoms with Gasteiger partial charge in [0.15, 0.2) is 5.69 Å². The molecular formula is C15H8F3NOS. The van der Waals surface area contributed by atoms with Crippen LogP contribution in [0.4, 0.5) is 13.2 Å². The number of rotatable bonds is 2. The van der Waals surface area contributed by atoms with E-state index in [1.165, 1.54) is 6.07 Å². The molecule has 0 aliphatic rings. The minimum absolute atomic E-state index is 0.253. The highest BCUT2D eigenvalue weighted by atomic mass is 32.1. The first-order valence-corrected chi connectivity index (χ1v) is 6.89. The number of carbonyl (C=O) groups is 1. The fourth-order valence-electron chi connectivity index (χ4n) is 2.15. The van der Waals surface area contributed by atoms with Gasteiger partial charge in [-0.1, -0.05) is 42.5 Å². The predicted molar refractivity (Wildman–Crippen MR) is 74.5 cm³/mol. The number of fused-ring (bicyclic) bond motifs is 1. The number of thiazole rings is 1. The molecule has 0 amide bonds. The van der Waals surface area contributed by atoms with E-state index in [1.54, 1.807) is 18.2 Å². The molecule has 0 bridgehead atoms. The van der Waals surface area contributed by atoms with Crippen LogP contribution < -0.4 is 0 Å². The maximum atomic E-state index is 12.9. The lowest BCUT2D eigenvalue weighted by Gasteiger charge is -2.07. The predicted octanol–water partition coefficient (Wildman–Crippen LogP) is 4.55. The van der Waals surface area contributed by atoms with Crippen molar-refractivity contribution in [3.8, 4) is 0 Å². The van der Waals surface area contributed by atoms with Gasteiger partial charge in [-0.2, -0.15) is 13.2 Å². The Balaban J connectivity index is 2.16. The second-order valence-corrected chi connectivity index (χ2v) is 5.24. The molecule has 6 heteroatoms. The van der Waals surface area contributed by atoms with Gasteiger partial charge in [0.25, 0.3) is 0 Å². The van der Waals surface area contributed by atoms with Gasteiger partial charge in [-0.3, -0.25) is 4.79 Å². The second-order valence-electron chi connectivity index (χ2n) is 4.38. The van der Waals surface area contributed by atoms with Gasteiger partial charge in [0.1, 0.15) is 4.88 Å². The van der Waals surface area contributed by atoms with Crippen LogP contribution >= 0.6 is 11.3 Å². The largest absolute Gasteiger partial charge is 0.434 e. The van der Waals surface area contributed by atoms with Gasteiger partial charge in [0.2, 0.25) is 5.78 Å². The third kappa shape index (κ3) is 2.42. The topological polar surface area (TPSA) is 30.0 Å². The van der Waals surface area contributed by atoms with Crippen LogP contribution in [0.15, 0.2) is 48.0 Å². The Hall–Kier alpha value is -2.21. The molecule has 0 unspecified atom stereocenters. The highest BCUT2D eigenvalue weighted by molar-refractivity contribution is 7.12. The van der Waals surface area contributed by atoms with Crippen LogP contribution in [-0.2, 0) is 6.18 Å². The maximum Gasteiger partial charge on any atom is 0.434 e. The van der Waals surface area contributed by atoms with Crippen molar-refractivity contribution in [2.24, 2.45) is 0 Å². The summed E-state index contributed by atoms with van der Waals surface area (Å²) in [7, 11) is 0. The molecule has 106 valence electrons. The fourth-order valence-corrected chi connectivity index (χ4v) is 2.92. The molecule has 1 heterocycles. The molecule has 0 saturated carbocycles. The average Bonchev–Trinajstić information content (AvgIpc) is 2.95. The number of hydrogen-bond donors (Lipinski definition) is 0. The normalized spacial score (nSPS) is 11.8. The molecule has 0 aliphatic carbocycles. The molecule has 0 fully saturated rings. The van der Waals surface area contributed by atoms with Crippen LogP contribution in [-0.4, -0.2) is 10.8 Å². The Morgan fingerprint density at radius 1 is 1.05 bits per heavy atom. The van der Waals surface area contributed by atoms with Gasteiger partial charge in [-0.15, -0.1) is 11.3 Å². The van der Waals surface area contributed by atoms with Crippen LogP contribution in [0.25, 0.3) is 10.8 Å². The molecule has 0 N–H and O–H groups in total. The van der Waals surface area contributed by atoms with Gasteiger partial charge >= 0.3 is 6.18 Å². The summed E-state index contributed by atoms with van der Waals surface area (Å²) in [6.45, 7) is 0. The van der Waals surface area contributed by atoms with E-state index < -0.39 is 17.7 Å². The molecule has 21 heavy (non-hydrogen) atoms. The van der Waals surface area contributed by atoms with Crippen molar-refractivity contribution in [3.63, 3.8) is 0 Å². The van der Waals surface area contributed by atoms with Crippen LogP contribution in [0.3, 0.4) is 0 Å². The van der Waals surface area contributed by atoms with Crippen LogP contribution in [0.2, 0.25) is 0 Å². The van der Waals surface area contributed by atoms with Crippen LogP contribution in [0, 0.1) is 0 Å². The Morgan fingerprint density at radius 2 is 1.76 bits per heavy atom. The number of aromatic nitrogens is 1. The fraction of sp³-hybridized carbons (Fsp3) is 0.0667. The molecular weight excluding hydrogens is 299 g/mol. The van der Waals surface area contributed by atoms with Crippen LogP contribution in [0.1, 0.15) is 20.9 Å². The van der Waals surface area contributed by atoms with E-state index in [0.717, 1.165) is 10.9 Å². The van der Waals surface area contributed by atoms with Gasteiger partial charge < -0.3 is 0 Å². The number of ketones is 1. The lowest BCUT2D eigenvalue weighted by atomic mass is 10.00. The second kappa shape index (κ2) is 4.96.